The third-order valence-corrected chi connectivity index (χ3v) is 6.02. The van der Waals surface area contributed by atoms with Crippen LogP contribution in [0.2, 0.25) is 0 Å². The van der Waals surface area contributed by atoms with Crippen molar-refractivity contribution in [3.05, 3.63) is 24.3 Å². The summed E-state index contributed by atoms with van der Waals surface area (Å²) in [6.07, 6.45) is 9.30. The van der Waals surface area contributed by atoms with Crippen LogP contribution in [0.15, 0.2) is 24.3 Å². The van der Waals surface area contributed by atoms with E-state index in [9.17, 15) is 0 Å². The van der Waals surface area contributed by atoms with E-state index in [2.05, 4.69) is 39.5 Å². The summed E-state index contributed by atoms with van der Waals surface area (Å²) in [5.74, 6) is 4.18. The first-order valence-electron chi connectivity index (χ1n) is 6.92. The monoisotopic (exact) mass is 216 g/mol. The largest absolute Gasteiger partial charge is 0.0990 e. The molecule has 0 spiro atoms. The Morgan fingerprint density at radius 3 is 2.69 bits per heavy atom. The maximum absolute atomic E-state index is 4.43. The highest BCUT2D eigenvalue weighted by atomic mass is 14.6. The standard InChI is InChI=1S/C16H24/c1-10-7-8-16(4)11(2)9-13-5-6-14(13)15(16)12(10)3/h7-8,10-11,13-15H,3,5-6,9H2,1-2,4H3. The van der Waals surface area contributed by atoms with Gasteiger partial charge in [-0.1, -0.05) is 45.1 Å². The van der Waals surface area contributed by atoms with Gasteiger partial charge in [0.25, 0.3) is 0 Å². The van der Waals surface area contributed by atoms with Gasteiger partial charge in [-0.15, -0.1) is 0 Å². The molecule has 16 heavy (non-hydrogen) atoms. The predicted molar refractivity (Wildman–Crippen MR) is 69.0 cm³/mol. The van der Waals surface area contributed by atoms with Gasteiger partial charge in [0.1, 0.15) is 0 Å². The smallest absolute Gasteiger partial charge is 0.00509 e. The van der Waals surface area contributed by atoms with Crippen molar-refractivity contribution in [2.24, 2.45) is 35.0 Å². The topological polar surface area (TPSA) is 0 Å². The van der Waals surface area contributed by atoms with Crippen LogP contribution in [0.5, 0.6) is 0 Å². The number of fused-ring (bicyclic) bond motifs is 3. The molecular formula is C16H24. The Labute approximate surface area is 99.8 Å². The molecule has 0 aromatic rings. The van der Waals surface area contributed by atoms with E-state index in [-0.39, 0.29) is 0 Å². The number of hydrogen-bond acceptors (Lipinski definition) is 0. The van der Waals surface area contributed by atoms with Gasteiger partial charge >= 0.3 is 0 Å². The Hall–Kier alpha value is -0.520. The minimum Gasteiger partial charge on any atom is -0.0990 e. The molecule has 88 valence electrons. The van der Waals surface area contributed by atoms with E-state index in [1.54, 1.807) is 0 Å². The van der Waals surface area contributed by atoms with Gasteiger partial charge in [0.2, 0.25) is 0 Å². The van der Waals surface area contributed by atoms with Crippen LogP contribution in [0.25, 0.3) is 0 Å². The molecule has 0 aromatic carbocycles. The van der Waals surface area contributed by atoms with Gasteiger partial charge in [0.05, 0.1) is 0 Å². The predicted octanol–water partition coefficient (Wildman–Crippen LogP) is 4.44. The summed E-state index contributed by atoms with van der Waals surface area (Å²) in [4.78, 5) is 0. The normalized spacial score (nSPS) is 55.2. The van der Waals surface area contributed by atoms with Crippen molar-refractivity contribution >= 4 is 0 Å². The summed E-state index contributed by atoms with van der Waals surface area (Å²) in [7, 11) is 0. The first kappa shape index (κ1) is 10.6. The molecule has 0 aliphatic heterocycles. The lowest BCUT2D eigenvalue weighted by Gasteiger charge is -2.59. The zero-order valence-corrected chi connectivity index (χ0v) is 10.9. The summed E-state index contributed by atoms with van der Waals surface area (Å²) in [6, 6.07) is 0. The van der Waals surface area contributed by atoms with Gasteiger partial charge in [0, 0.05) is 0 Å². The molecule has 2 fully saturated rings. The van der Waals surface area contributed by atoms with Crippen molar-refractivity contribution in [2.75, 3.05) is 0 Å². The van der Waals surface area contributed by atoms with Gasteiger partial charge in [-0.05, 0) is 54.3 Å². The van der Waals surface area contributed by atoms with E-state index >= 15 is 0 Å². The number of allylic oxidation sites excluding steroid dienone is 3. The highest BCUT2D eigenvalue weighted by Crippen LogP contribution is 2.62. The zero-order valence-electron chi connectivity index (χ0n) is 10.9. The minimum atomic E-state index is 0.408. The molecule has 0 radical (unpaired) electrons. The summed E-state index contributed by atoms with van der Waals surface area (Å²) < 4.78 is 0. The molecule has 6 unspecified atom stereocenters. The van der Waals surface area contributed by atoms with E-state index in [0.717, 1.165) is 23.7 Å². The molecule has 6 atom stereocenters. The molecule has 0 aromatic heterocycles. The highest BCUT2D eigenvalue weighted by molar-refractivity contribution is 5.28. The SMILES string of the molecule is C=C1C(C)C=CC2(C)C(C)CC3CCC3C12. The maximum Gasteiger partial charge on any atom is -0.00509 e. The summed E-state index contributed by atoms with van der Waals surface area (Å²) in [5, 5.41) is 0. The average Bonchev–Trinajstić information content (AvgIpc) is 2.23. The van der Waals surface area contributed by atoms with E-state index in [4.69, 9.17) is 0 Å². The summed E-state index contributed by atoms with van der Waals surface area (Å²) >= 11 is 0. The fraction of sp³-hybridized carbons (Fsp3) is 0.750. The fourth-order valence-corrected chi connectivity index (χ4v) is 4.50. The fourth-order valence-electron chi connectivity index (χ4n) is 4.50. The molecular weight excluding hydrogens is 192 g/mol. The third kappa shape index (κ3) is 1.16. The van der Waals surface area contributed by atoms with Crippen LogP contribution >= 0.6 is 0 Å². The van der Waals surface area contributed by atoms with Crippen LogP contribution in [0, 0.1) is 35.0 Å². The molecule has 3 aliphatic carbocycles. The molecule has 0 N–H and O–H groups in total. The van der Waals surface area contributed by atoms with E-state index < -0.39 is 0 Å². The second-order valence-corrected chi connectivity index (χ2v) is 6.70. The number of hydrogen-bond donors (Lipinski definition) is 0. The Bertz CT molecular complexity index is 351. The van der Waals surface area contributed by atoms with Crippen LogP contribution < -0.4 is 0 Å². The van der Waals surface area contributed by atoms with E-state index in [0.29, 0.717) is 11.3 Å². The number of rotatable bonds is 0. The Morgan fingerprint density at radius 2 is 2.06 bits per heavy atom. The zero-order chi connectivity index (χ0) is 11.5. The lowest BCUT2D eigenvalue weighted by Crippen LogP contribution is -2.52. The van der Waals surface area contributed by atoms with E-state index in [1.807, 2.05) is 0 Å². The van der Waals surface area contributed by atoms with Crippen molar-refractivity contribution in [3.8, 4) is 0 Å². The first-order valence-corrected chi connectivity index (χ1v) is 6.92. The van der Waals surface area contributed by atoms with Crippen LogP contribution in [0.3, 0.4) is 0 Å². The van der Waals surface area contributed by atoms with Crippen LogP contribution in [0.4, 0.5) is 0 Å². The Morgan fingerprint density at radius 1 is 1.31 bits per heavy atom. The second kappa shape index (κ2) is 3.24. The van der Waals surface area contributed by atoms with Crippen molar-refractivity contribution < 1.29 is 0 Å². The van der Waals surface area contributed by atoms with Crippen LogP contribution in [-0.4, -0.2) is 0 Å². The molecule has 3 rings (SSSR count). The first-order chi connectivity index (χ1) is 7.54. The molecule has 0 saturated heterocycles. The molecule has 0 heteroatoms. The quantitative estimate of drug-likeness (QED) is 0.525. The lowest BCUT2D eigenvalue weighted by molar-refractivity contribution is -0.0425. The van der Waals surface area contributed by atoms with Crippen LogP contribution in [0.1, 0.15) is 40.0 Å². The molecule has 2 saturated carbocycles. The maximum atomic E-state index is 4.43. The van der Waals surface area contributed by atoms with Gasteiger partial charge < -0.3 is 0 Å². The van der Waals surface area contributed by atoms with Gasteiger partial charge in [-0.25, -0.2) is 0 Å². The highest BCUT2D eigenvalue weighted by Gasteiger charge is 2.54. The van der Waals surface area contributed by atoms with E-state index in [1.165, 1.54) is 24.8 Å². The van der Waals surface area contributed by atoms with Crippen molar-refractivity contribution in [1.82, 2.24) is 0 Å². The van der Waals surface area contributed by atoms with Crippen molar-refractivity contribution in [2.45, 2.75) is 40.0 Å². The third-order valence-electron chi connectivity index (χ3n) is 6.02. The average molecular weight is 216 g/mol. The molecule has 0 heterocycles. The Balaban J connectivity index is 2.03. The molecule has 3 aliphatic rings. The summed E-state index contributed by atoms with van der Waals surface area (Å²) in [5.41, 5.74) is 1.93. The van der Waals surface area contributed by atoms with Gasteiger partial charge in [-0.3, -0.25) is 0 Å². The molecule has 0 bridgehead atoms. The molecule has 0 amide bonds. The van der Waals surface area contributed by atoms with Crippen LogP contribution in [-0.2, 0) is 0 Å². The van der Waals surface area contributed by atoms with Crippen molar-refractivity contribution in [3.63, 3.8) is 0 Å². The second-order valence-electron chi connectivity index (χ2n) is 6.70. The minimum absolute atomic E-state index is 0.408. The van der Waals surface area contributed by atoms with Crippen molar-refractivity contribution in [1.29, 1.82) is 0 Å². The molecule has 0 nitrogen and oxygen atoms in total. The van der Waals surface area contributed by atoms with Gasteiger partial charge in [-0.2, -0.15) is 0 Å². The summed E-state index contributed by atoms with van der Waals surface area (Å²) in [6.45, 7) is 11.7. The lowest BCUT2D eigenvalue weighted by atomic mass is 9.45. The Kier molecular flexibility index (Phi) is 2.15. The van der Waals surface area contributed by atoms with Gasteiger partial charge in [0.15, 0.2) is 0 Å².